The Labute approximate surface area is 123 Å². The van der Waals surface area contributed by atoms with Gasteiger partial charge < -0.3 is 9.29 Å². The maximum absolute atomic E-state index is 12.0. The van der Waals surface area contributed by atoms with Gasteiger partial charge in [0.05, 0.1) is 11.6 Å². The van der Waals surface area contributed by atoms with Gasteiger partial charge in [-0.15, -0.1) is 0 Å². The van der Waals surface area contributed by atoms with Gasteiger partial charge in [-0.1, -0.05) is 0 Å². The van der Waals surface area contributed by atoms with Gasteiger partial charge in [-0.05, 0) is 58.8 Å². The quantitative estimate of drug-likeness (QED) is 0.346. The van der Waals surface area contributed by atoms with Crippen LogP contribution in [0, 0.1) is 0 Å². The van der Waals surface area contributed by atoms with Crippen molar-refractivity contribution >= 4 is 23.9 Å². The van der Waals surface area contributed by atoms with Crippen LogP contribution in [0.2, 0.25) is 0 Å². The number of hydrogen-bond donors (Lipinski definition) is 0. The van der Waals surface area contributed by atoms with Crippen molar-refractivity contribution in [1.29, 1.82) is 0 Å². The summed E-state index contributed by atoms with van der Waals surface area (Å²) < 4.78 is 19.8. The summed E-state index contributed by atoms with van der Waals surface area (Å²) in [4.78, 5) is 17.5. The number of rotatable bonds is 4. The summed E-state index contributed by atoms with van der Waals surface area (Å²) in [5.41, 5.74) is -0.517. The first-order chi connectivity index (χ1) is 9.01. The van der Waals surface area contributed by atoms with Crippen molar-refractivity contribution in [3.8, 4) is 0 Å². The lowest BCUT2D eigenvalue weighted by atomic mass is 10.1. The minimum absolute atomic E-state index is 0.0856. The van der Waals surface area contributed by atoms with Crippen LogP contribution in [0.25, 0.3) is 0 Å². The minimum atomic E-state index is -1.45. The Morgan fingerprint density at radius 3 is 2.25 bits per heavy atom. The van der Waals surface area contributed by atoms with Crippen LogP contribution in [0.5, 0.6) is 0 Å². The van der Waals surface area contributed by atoms with Crippen molar-refractivity contribution in [2.45, 2.75) is 70.8 Å². The van der Waals surface area contributed by atoms with E-state index in [9.17, 15) is 9.35 Å². The summed E-state index contributed by atoms with van der Waals surface area (Å²) in [7, 11) is 0. The van der Waals surface area contributed by atoms with Crippen LogP contribution < -0.4 is 0 Å². The highest BCUT2D eigenvalue weighted by atomic mass is 32.2. The van der Waals surface area contributed by atoms with E-state index in [1.807, 2.05) is 20.8 Å². The van der Waals surface area contributed by atoms with Gasteiger partial charge in [0, 0.05) is 0 Å². The van der Waals surface area contributed by atoms with Gasteiger partial charge in [-0.3, -0.25) is 4.84 Å². The summed E-state index contributed by atoms with van der Waals surface area (Å²) in [6, 6.07) is 0. The van der Waals surface area contributed by atoms with Gasteiger partial charge in [-0.25, -0.2) is 4.79 Å². The van der Waals surface area contributed by atoms with E-state index < -0.39 is 27.7 Å². The Morgan fingerprint density at radius 1 is 1.30 bits per heavy atom. The van der Waals surface area contributed by atoms with Crippen molar-refractivity contribution in [3.63, 3.8) is 0 Å². The molecule has 0 N–H and O–H groups in total. The molecule has 1 aliphatic carbocycles. The second-order valence-corrected chi connectivity index (χ2v) is 8.66. The predicted octanol–water partition coefficient (Wildman–Crippen LogP) is 2.81. The van der Waals surface area contributed by atoms with E-state index in [4.69, 9.17) is 9.57 Å². The van der Waals surface area contributed by atoms with E-state index >= 15 is 0 Å². The normalized spacial score (nSPS) is 18.1. The third kappa shape index (κ3) is 5.68. The molecule has 1 rings (SSSR count). The molecule has 0 spiro atoms. The molecule has 0 heterocycles. The number of hydroxylamine groups is 2. The molecule has 116 valence electrons. The maximum atomic E-state index is 12.0. The summed E-state index contributed by atoms with van der Waals surface area (Å²) in [5.74, 6) is 0. The maximum Gasteiger partial charge on any atom is 0.440 e. The zero-order valence-electron chi connectivity index (χ0n) is 13.0. The molecule has 0 aromatic carbocycles. The number of carbonyl (C=O) groups is 1. The largest absolute Gasteiger partial charge is 0.591 e. The van der Waals surface area contributed by atoms with Crippen molar-refractivity contribution in [2.75, 3.05) is 0 Å². The Bertz CT molecular complexity index is 370. The monoisotopic (exact) mass is 304 g/mol. The topological polar surface area (TPSA) is 74.2 Å². The molecule has 1 unspecified atom stereocenters. The van der Waals surface area contributed by atoms with Crippen LogP contribution in [0.15, 0.2) is 4.40 Å². The fourth-order valence-corrected chi connectivity index (χ4v) is 1.55. The number of carbonyl (C=O) groups excluding carboxylic acids is 1. The second kappa shape index (κ2) is 6.32. The molecule has 1 aliphatic rings. The molecule has 0 aromatic heterocycles. The first-order valence-corrected chi connectivity index (χ1v) is 7.74. The predicted molar refractivity (Wildman–Crippen MR) is 78.6 cm³/mol. The van der Waals surface area contributed by atoms with Crippen molar-refractivity contribution in [2.24, 2.45) is 4.40 Å². The standard InChI is InChI=1S/C13H24N2O4S/c1-12(2,3)15(19-10-7-8-10)11(16)18-9-14-20(17)13(4,5)6/h9-10H,7-8H2,1-6H3. The van der Waals surface area contributed by atoms with E-state index in [0.29, 0.717) is 0 Å². The highest BCUT2D eigenvalue weighted by molar-refractivity contribution is 7.91. The molecule has 0 aliphatic heterocycles. The Balaban J connectivity index is 2.56. The highest BCUT2D eigenvalue weighted by Gasteiger charge is 2.35. The molecule has 0 aromatic rings. The van der Waals surface area contributed by atoms with E-state index in [0.717, 1.165) is 19.2 Å². The molecule has 1 saturated carbocycles. The van der Waals surface area contributed by atoms with Crippen LogP contribution in [0.4, 0.5) is 4.79 Å². The van der Waals surface area contributed by atoms with Crippen LogP contribution in [0.1, 0.15) is 54.4 Å². The fourth-order valence-electron chi connectivity index (χ4n) is 1.11. The molecule has 1 fully saturated rings. The first kappa shape index (κ1) is 17.3. The van der Waals surface area contributed by atoms with Crippen molar-refractivity contribution in [3.05, 3.63) is 0 Å². The molecule has 0 radical (unpaired) electrons. The number of nitrogens with zero attached hydrogens (tertiary/aromatic N) is 2. The van der Waals surface area contributed by atoms with Gasteiger partial charge in [0.1, 0.15) is 16.1 Å². The van der Waals surface area contributed by atoms with Crippen LogP contribution in [-0.4, -0.2) is 38.5 Å². The van der Waals surface area contributed by atoms with Gasteiger partial charge in [0.25, 0.3) is 0 Å². The molecular weight excluding hydrogens is 280 g/mol. The smallest absolute Gasteiger partial charge is 0.440 e. The summed E-state index contributed by atoms with van der Waals surface area (Å²) >= 11 is -1.45. The summed E-state index contributed by atoms with van der Waals surface area (Å²) in [5, 5.41) is 1.21. The average Bonchev–Trinajstić information content (AvgIpc) is 3.06. The van der Waals surface area contributed by atoms with E-state index in [1.165, 1.54) is 5.06 Å². The molecule has 7 heteroatoms. The van der Waals surface area contributed by atoms with Crippen LogP contribution >= 0.6 is 0 Å². The van der Waals surface area contributed by atoms with Gasteiger partial charge in [0.2, 0.25) is 6.40 Å². The minimum Gasteiger partial charge on any atom is -0.591 e. The third-order valence-electron chi connectivity index (χ3n) is 2.37. The van der Waals surface area contributed by atoms with Gasteiger partial charge >= 0.3 is 6.09 Å². The fraction of sp³-hybridized carbons (Fsp3) is 0.846. The lowest BCUT2D eigenvalue weighted by molar-refractivity contribution is -0.186. The zero-order valence-corrected chi connectivity index (χ0v) is 13.8. The van der Waals surface area contributed by atoms with E-state index in [1.54, 1.807) is 20.8 Å². The second-order valence-electron chi connectivity index (χ2n) is 6.73. The Kier molecular flexibility index (Phi) is 5.46. The number of amides is 1. The van der Waals surface area contributed by atoms with Crippen LogP contribution in [0.3, 0.4) is 0 Å². The Morgan fingerprint density at radius 2 is 1.85 bits per heavy atom. The molecule has 0 bridgehead atoms. The molecule has 1 amide bonds. The van der Waals surface area contributed by atoms with Gasteiger partial charge in [0.15, 0.2) is 0 Å². The number of ether oxygens (including phenoxy) is 1. The summed E-state index contributed by atoms with van der Waals surface area (Å²) in [6.45, 7) is 10.9. The molecule has 6 nitrogen and oxygen atoms in total. The van der Waals surface area contributed by atoms with Gasteiger partial charge in [-0.2, -0.15) is 5.06 Å². The van der Waals surface area contributed by atoms with E-state index in [-0.39, 0.29) is 6.10 Å². The first-order valence-electron chi connectivity index (χ1n) is 6.64. The van der Waals surface area contributed by atoms with E-state index in [2.05, 4.69) is 4.40 Å². The Hall–Kier alpha value is -0.790. The third-order valence-corrected chi connectivity index (χ3v) is 3.70. The molecular formula is C13H24N2O4S. The molecule has 1 atom stereocenters. The average molecular weight is 304 g/mol. The SMILES string of the molecule is CC(C)(C)N(OC1CC1)C(=O)OC=N[S+]([O-])C(C)(C)C. The van der Waals surface area contributed by atoms with Crippen molar-refractivity contribution < 1.29 is 18.9 Å². The summed E-state index contributed by atoms with van der Waals surface area (Å²) in [6.07, 6.45) is 2.25. The molecule has 0 saturated heterocycles. The lowest BCUT2D eigenvalue weighted by Crippen LogP contribution is -2.46. The number of hydrogen-bond acceptors (Lipinski definition) is 5. The van der Waals surface area contributed by atoms with Crippen molar-refractivity contribution in [1.82, 2.24) is 5.06 Å². The van der Waals surface area contributed by atoms with Crippen LogP contribution in [-0.2, 0) is 20.9 Å². The highest BCUT2D eigenvalue weighted by Crippen LogP contribution is 2.28. The lowest BCUT2D eigenvalue weighted by Gasteiger charge is -2.32. The molecule has 20 heavy (non-hydrogen) atoms. The zero-order chi connectivity index (χ0) is 15.6.